The third kappa shape index (κ3) is 2.61. The van der Waals surface area contributed by atoms with E-state index in [0.29, 0.717) is 33.4 Å². The molecule has 8 heteroatoms. The van der Waals surface area contributed by atoms with Crippen LogP contribution >= 0.6 is 11.8 Å². The molecule has 4 aromatic rings. The van der Waals surface area contributed by atoms with E-state index >= 15 is 0 Å². The van der Waals surface area contributed by atoms with Gasteiger partial charge in [-0.3, -0.25) is 4.79 Å². The highest BCUT2D eigenvalue weighted by molar-refractivity contribution is 7.98. The van der Waals surface area contributed by atoms with Gasteiger partial charge in [-0.15, -0.1) is 5.10 Å². The zero-order valence-electron chi connectivity index (χ0n) is 12.3. The first-order valence-electron chi connectivity index (χ1n) is 7.11. The Kier molecular flexibility index (Phi) is 3.66. The largest absolute Gasteiger partial charge is 0.463 e. The van der Waals surface area contributed by atoms with E-state index < -0.39 is 0 Å². The first-order valence-corrected chi connectivity index (χ1v) is 8.09. The van der Waals surface area contributed by atoms with Gasteiger partial charge in [0.2, 0.25) is 5.16 Å². The van der Waals surface area contributed by atoms with Gasteiger partial charge in [-0.1, -0.05) is 30.0 Å². The van der Waals surface area contributed by atoms with E-state index in [1.807, 2.05) is 0 Å². The molecule has 24 heavy (non-hydrogen) atoms. The Labute approximate surface area is 139 Å². The second kappa shape index (κ2) is 5.97. The molecule has 0 saturated carbocycles. The lowest BCUT2D eigenvalue weighted by Crippen LogP contribution is -2.13. The van der Waals surface area contributed by atoms with Crippen LogP contribution in [0.5, 0.6) is 0 Å². The number of halogens is 1. The van der Waals surface area contributed by atoms with Crippen molar-refractivity contribution in [3.63, 3.8) is 0 Å². The Bertz CT molecular complexity index is 1060. The molecule has 1 N–H and O–H groups in total. The summed E-state index contributed by atoms with van der Waals surface area (Å²) in [5.41, 5.74) is 1.09. The number of fused-ring (bicyclic) bond motifs is 1. The highest BCUT2D eigenvalue weighted by Crippen LogP contribution is 2.24. The van der Waals surface area contributed by atoms with Crippen LogP contribution in [0.2, 0.25) is 0 Å². The average molecular weight is 342 g/mol. The van der Waals surface area contributed by atoms with Gasteiger partial charge in [0.05, 0.1) is 6.26 Å². The van der Waals surface area contributed by atoms with Crippen LogP contribution in [0.3, 0.4) is 0 Å². The number of nitrogens with zero attached hydrogens (tertiary/aromatic N) is 3. The van der Waals surface area contributed by atoms with E-state index in [9.17, 15) is 9.18 Å². The number of hydrogen-bond acceptors (Lipinski definition) is 5. The highest BCUT2D eigenvalue weighted by atomic mass is 32.2. The lowest BCUT2D eigenvalue weighted by atomic mass is 10.2. The van der Waals surface area contributed by atoms with Crippen LogP contribution in [0.25, 0.3) is 17.0 Å². The van der Waals surface area contributed by atoms with Gasteiger partial charge in [0.1, 0.15) is 17.0 Å². The molecule has 0 aliphatic rings. The van der Waals surface area contributed by atoms with Crippen molar-refractivity contribution < 1.29 is 8.81 Å². The van der Waals surface area contributed by atoms with Crippen molar-refractivity contribution >= 4 is 17.3 Å². The van der Waals surface area contributed by atoms with Gasteiger partial charge in [-0.25, -0.2) is 14.0 Å². The summed E-state index contributed by atoms with van der Waals surface area (Å²) in [6.45, 7) is 0. The molecule has 0 aliphatic carbocycles. The quantitative estimate of drug-likeness (QED) is 0.577. The molecule has 3 heterocycles. The second-order valence-corrected chi connectivity index (χ2v) is 5.96. The minimum Gasteiger partial charge on any atom is -0.463 e. The molecule has 0 amide bonds. The first-order chi connectivity index (χ1) is 11.7. The Morgan fingerprint density at radius 2 is 2.12 bits per heavy atom. The number of thioether (sulfide) groups is 1. The summed E-state index contributed by atoms with van der Waals surface area (Å²) < 4.78 is 20.5. The predicted molar refractivity (Wildman–Crippen MR) is 87.3 cm³/mol. The molecule has 4 rings (SSSR count). The maximum Gasteiger partial charge on any atom is 0.290 e. The summed E-state index contributed by atoms with van der Waals surface area (Å²) in [4.78, 5) is 12.0. The van der Waals surface area contributed by atoms with Gasteiger partial charge in [0, 0.05) is 11.8 Å². The van der Waals surface area contributed by atoms with Crippen molar-refractivity contribution in [3.05, 3.63) is 70.5 Å². The lowest BCUT2D eigenvalue weighted by molar-refractivity contribution is 0.578. The smallest absolute Gasteiger partial charge is 0.290 e. The Morgan fingerprint density at radius 3 is 2.92 bits per heavy atom. The summed E-state index contributed by atoms with van der Waals surface area (Å²) in [6, 6.07) is 11.7. The van der Waals surface area contributed by atoms with Crippen LogP contribution in [0, 0.1) is 5.82 Å². The summed E-state index contributed by atoms with van der Waals surface area (Å²) in [5, 5.41) is 11.3. The Balaban J connectivity index is 1.72. The predicted octanol–water partition coefficient (Wildman–Crippen LogP) is 3.11. The third-order valence-corrected chi connectivity index (χ3v) is 4.44. The van der Waals surface area contributed by atoms with Crippen LogP contribution < -0.4 is 5.56 Å². The minimum atomic E-state index is -0.351. The third-order valence-electron chi connectivity index (χ3n) is 3.46. The van der Waals surface area contributed by atoms with E-state index in [1.165, 1.54) is 28.6 Å². The van der Waals surface area contributed by atoms with Gasteiger partial charge in [-0.2, -0.15) is 5.10 Å². The number of H-pyrrole nitrogens is 1. The maximum absolute atomic E-state index is 13.7. The van der Waals surface area contributed by atoms with Crippen molar-refractivity contribution in [2.24, 2.45) is 0 Å². The fourth-order valence-corrected chi connectivity index (χ4v) is 3.18. The molecular formula is C16H11FN4O2S. The SMILES string of the molecule is O=c1[nH]nc(SCc2ccccc2F)n2nc(-c3ccco3)cc12. The normalized spacial score (nSPS) is 11.2. The molecule has 0 atom stereocenters. The molecule has 0 spiro atoms. The molecule has 0 fully saturated rings. The van der Waals surface area contributed by atoms with Gasteiger partial charge in [0.25, 0.3) is 5.56 Å². The van der Waals surface area contributed by atoms with Crippen LogP contribution in [-0.4, -0.2) is 19.8 Å². The molecule has 0 aliphatic heterocycles. The van der Waals surface area contributed by atoms with Crippen molar-refractivity contribution in [1.29, 1.82) is 0 Å². The molecule has 1 aromatic carbocycles. The lowest BCUT2D eigenvalue weighted by Gasteiger charge is -2.04. The minimum absolute atomic E-state index is 0.276. The van der Waals surface area contributed by atoms with Crippen LogP contribution in [-0.2, 0) is 5.75 Å². The number of aromatic nitrogens is 4. The summed E-state index contributed by atoms with van der Waals surface area (Å²) >= 11 is 1.29. The number of aromatic amines is 1. The number of rotatable bonds is 4. The first kappa shape index (κ1) is 14.7. The summed E-state index contributed by atoms with van der Waals surface area (Å²) in [7, 11) is 0. The van der Waals surface area contributed by atoms with Gasteiger partial charge < -0.3 is 4.42 Å². The number of hydrogen-bond donors (Lipinski definition) is 1. The van der Waals surface area contributed by atoms with Crippen molar-refractivity contribution in [3.8, 4) is 11.5 Å². The van der Waals surface area contributed by atoms with E-state index in [1.54, 1.807) is 36.4 Å². The van der Waals surface area contributed by atoms with Gasteiger partial charge in [-0.05, 0) is 23.8 Å². The fourth-order valence-electron chi connectivity index (χ4n) is 2.29. The van der Waals surface area contributed by atoms with Gasteiger partial charge in [0.15, 0.2) is 5.76 Å². The molecule has 3 aromatic heterocycles. The van der Waals surface area contributed by atoms with E-state index in [2.05, 4.69) is 15.3 Å². The van der Waals surface area contributed by atoms with Crippen LogP contribution in [0.4, 0.5) is 4.39 Å². The monoisotopic (exact) mass is 342 g/mol. The number of benzene rings is 1. The maximum atomic E-state index is 13.7. The van der Waals surface area contributed by atoms with E-state index in [-0.39, 0.29) is 11.4 Å². The average Bonchev–Trinajstić information content (AvgIpc) is 3.25. The molecule has 0 radical (unpaired) electrons. The molecular weight excluding hydrogens is 331 g/mol. The highest BCUT2D eigenvalue weighted by Gasteiger charge is 2.14. The van der Waals surface area contributed by atoms with E-state index in [4.69, 9.17) is 4.42 Å². The van der Waals surface area contributed by atoms with Crippen molar-refractivity contribution in [2.75, 3.05) is 0 Å². The standard InChI is InChI=1S/C16H11FN4O2S/c17-11-5-2-1-4-10(11)9-24-16-19-18-15(22)13-8-12(20-21(13)16)14-6-3-7-23-14/h1-8H,9H2,(H,18,22). The zero-order valence-corrected chi connectivity index (χ0v) is 13.1. The molecule has 6 nitrogen and oxygen atoms in total. The molecule has 0 saturated heterocycles. The second-order valence-electron chi connectivity index (χ2n) is 5.02. The Hall–Kier alpha value is -2.87. The van der Waals surface area contributed by atoms with Crippen molar-refractivity contribution in [1.82, 2.24) is 19.8 Å². The molecule has 0 bridgehead atoms. The number of nitrogens with one attached hydrogen (secondary N) is 1. The summed E-state index contributed by atoms with van der Waals surface area (Å²) in [5.74, 6) is 0.655. The fraction of sp³-hybridized carbons (Fsp3) is 0.0625. The summed E-state index contributed by atoms with van der Waals surface area (Å²) in [6.07, 6.45) is 1.54. The topological polar surface area (TPSA) is 76.2 Å². The van der Waals surface area contributed by atoms with Crippen molar-refractivity contribution in [2.45, 2.75) is 10.9 Å². The molecule has 0 unspecified atom stereocenters. The van der Waals surface area contributed by atoms with E-state index in [0.717, 1.165) is 0 Å². The zero-order chi connectivity index (χ0) is 16.5. The van der Waals surface area contributed by atoms with Gasteiger partial charge >= 0.3 is 0 Å². The number of furan rings is 1. The van der Waals surface area contributed by atoms with Crippen LogP contribution in [0.1, 0.15) is 5.56 Å². The Morgan fingerprint density at radius 1 is 1.25 bits per heavy atom. The van der Waals surface area contributed by atoms with Crippen LogP contribution in [0.15, 0.2) is 63.1 Å². The molecule has 120 valence electrons.